The molecule has 4 heteroatoms. The Hall–Kier alpha value is -7.82. The summed E-state index contributed by atoms with van der Waals surface area (Å²) < 4.78 is 4.62. The summed E-state index contributed by atoms with van der Waals surface area (Å²) in [5.74, 6) is 0.657. The minimum absolute atomic E-state index is 0.657. The maximum atomic E-state index is 5.35. The summed E-state index contributed by atoms with van der Waals surface area (Å²) in [6.07, 6.45) is 0. The molecule has 58 heavy (non-hydrogen) atoms. The monoisotopic (exact) mass is 738 g/mol. The van der Waals surface area contributed by atoms with Crippen LogP contribution in [-0.2, 0) is 0 Å². The van der Waals surface area contributed by atoms with Gasteiger partial charge in [-0.05, 0) is 81.6 Å². The molecule has 0 radical (unpaired) electrons. The predicted octanol–water partition coefficient (Wildman–Crippen LogP) is 14.0. The molecule has 0 aliphatic rings. The summed E-state index contributed by atoms with van der Waals surface area (Å²) in [4.78, 5) is 10.6. The lowest BCUT2D eigenvalue weighted by atomic mass is 9.93. The zero-order valence-electron chi connectivity index (χ0n) is 31.4. The second-order valence-corrected chi connectivity index (χ2v) is 15.0. The molecule has 9 aromatic carbocycles. The van der Waals surface area contributed by atoms with Gasteiger partial charge in [0.15, 0.2) is 0 Å². The zero-order valence-corrected chi connectivity index (χ0v) is 31.4. The van der Waals surface area contributed by atoms with Crippen molar-refractivity contribution in [2.45, 2.75) is 0 Å². The molecule has 0 N–H and O–H groups in total. The number of fused-ring (bicyclic) bond motifs is 9. The van der Waals surface area contributed by atoms with Crippen LogP contribution in [0.5, 0.6) is 0 Å². The molecule has 3 aromatic heterocycles. The van der Waals surface area contributed by atoms with Crippen molar-refractivity contribution in [2.24, 2.45) is 0 Å². The van der Waals surface area contributed by atoms with E-state index in [0.717, 1.165) is 44.4 Å². The number of benzene rings is 9. The van der Waals surface area contributed by atoms with E-state index in [0.29, 0.717) is 5.95 Å². The molecule has 0 aliphatic heterocycles. The SMILES string of the molecule is c1ccc(-c2nc(-n3c4ccccc4c4c5ccccc5c(-c5ccc(-c6ccc7c(c6)c6ccccc6n7-c6ccccc6)cc5)cc43)nc3ccccc23)cc1. The highest BCUT2D eigenvalue weighted by Crippen LogP contribution is 2.42. The van der Waals surface area contributed by atoms with E-state index >= 15 is 0 Å². The maximum Gasteiger partial charge on any atom is 0.235 e. The average Bonchev–Trinajstić information content (AvgIpc) is 3.82. The van der Waals surface area contributed by atoms with E-state index in [-0.39, 0.29) is 0 Å². The summed E-state index contributed by atoms with van der Waals surface area (Å²) in [6, 6.07) is 73.8. The Kier molecular flexibility index (Phi) is 7.20. The van der Waals surface area contributed by atoms with Crippen LogP contribution in [0.1, 0.15) is 0 Å². The third kappa shape index (κ3) is 4.95. The van der Waals surface area contributed by atoms with Crippen LogP contribution >= 0.6 is 0 Å². The summed E-state index contributed by atoms with van der Waals surface area (Å²) in [7, 11) is 0. The van der Waals surface area contributed by atoms with Gasteiger partial charge in [0.1, 0.15) is 0 Å². The Bertz CT molecular complexity index is 3540. The largest absolute Gasteiger partial charge is 0.309 e. The third-order valence-corrected chi connectivity index (χ3v) is 11.7. The Morgan fingerprint density at radius 1 is 0.310 bits per heavy atom. The highest BCUT2D eigenvalue weighted by atomic mass is 15.2. The quantitative estimate of drug-likeness (QED) is 0.176. The number of hydrogen-bond donors (Lipinski definition) is 0. The van der Waals surface area contributed by atoms with E-state index in [1.165, 1.54) is 60.0 Å². The Balaban J connectivity index is 1.04. The first-order chi connectivity index (χ1) is 28.8. The molecule has 0 bridgehead atoms. The lowest BCUT2D eigenvalue weighted by Gasteiger charge is -2.14. The second kappa shape index (κ2) is 12.9. The molecule has 0 unspecified atom stereocenters. The van der Waals surface area contributed by atoms with Gasteiger partial charge in [0.25, 0.3) is 0 Å². The van der Waals surface area contributed by atoms with E-state index in [4.69, 9.17) is 9.97 Å². The summed E-state index contributed by atoms with van der Waals surface area (Å²) in [5.41, 5.74) is 13.3. The van der Waals surface area contributed by atoms with Gasteiger partial charge in [-0.25, -0.2) is 9.97 Å². The smallest absolute Gasteiger partial charge is 0.235 e. The first-order valence-electron chi connectivity index (χ1n) is 19.8. The van der Waals surface area contributed by atoms with E-state index in [1.807, 2.05) is 6.07 Å². The zero-order chi connectivity index (χ0) is 38.2. The van der Waals surface area contributed by atoms with Crippen LogP contribution in [0.2, 0.25) is 0 Å². The van der Waals surface area contributed by atoms with Gasteiger partial charge in [-0.15, -0.1) is 0 Å². The molecule has 0 spiro atoms. The normalized spacial score (nSPS) is 11.8. The van der Waals surface area contributed by atoms with E-state index in [1.54, 1.807) is 0 Å². The number of nitrogens with zero attached hydrogens (tertiary/aromatic N) is 4. The standard InChI is InChI=1S/C54H34N4/c1-3-15-37(16-4-1)53-43-22-9-12-24-47(43)55-54(56-53)58-49-26-14-11-23-44(49)52-42-21-8-7-19-40(42)45(34-51(52)58)36-29-27-35(28-30-36)38-31-32-50-46(33-38)41-20-10-13-25-48(41)57(50)39-17-5-2-6-18-39/h1-34H. The van der Waals surface area contributed by atoms with Crippen molar-refractivity contribution in [3.05, 3.63) is 206 Å². The number of hydrogen-bond acceptors (Lipinski definition) is 2. The van der Waals surface area contributed by atoms with Crippen LogP contribution in [0.15, 0.2) is 206 Å². The summed E-state index contributed by atoms with van der Waals surface area (Å²) >= 11 is 0. The first kappa shape index (κ1) is 32.4. The van der Waals surface area contributed by atoms with Gasteiger partial charge in [0, 0.05) is 38.2 Å². The maximum absolute atomic E-state index is 5.35. The molecule has 3 heterocycles. The molecule has 0 fully saturated rings. The van der Waals surface area contributed by atoms with Crippen LogP contribution in [0.4, 0.5) is 0 Å². The summed E-state index contributed by atoms with van der Waals surface area (Å²) in [6.45, 7) is 0. The van der Waals surface area contributed by atoms with Crippen molar-refractivity contribution in [3.8, 4) is 45.1 Å². The highest BCUT2D eigenvalue weighted by Gasteiger charge is 2.21. The third-order valence-electron chi connectivity index (χ3n) is 11.7. The Morgan fingerprint density at radius 3 is 1.66 bits per heavy atom. The molecule has 4 nitrogen and oxygen atoms in total. The number of rotatable bonds is 5. The van der Waals surface area contributed by atoms with Crippen molar-refractivity contribution in [1.29, 1.82) is 0 Å². The van der Waals surface area contributed by atoms with Crippen LogP contribution in [0.3, 0.4) is 0 Å². The lowest BCUT2D eigenvalue weighted by molar-refractivity contribution is 1.01. The fourth-order valence-electron chi connectivity index (χ4n) is 9.11. The number of aromatic nitrogens is 4. The topological polar surface area (TPSA) is 35.6 Å². The molecular weight excluding hydrogens is 705 g/mol. The van der Waals surface area contributed by atoms with Gasteiger partial charge in [0.2, 0.25) is 5.95 Å². The molecule has 0 saturated heterocycles. The minimum Gasteiger partial charge on any atom is -0.309 e. The van der Waals surface area contributed by atoms with Gasteiger partial charge in [0.05, 0.1) is 33.3 Å². The van der Waals surface area contributed by atoms with Crippen LogP contribution in [-0.4, -0.2) is 19.1 Å². The molecule has 12 aromatic rings. The van der Waals surface area contributed by atoms with Crippen LogP contribution in [0, 0.1) is 0 Å². The average molecular weight is 739 g/mol. The van der Waals surface area contributed by atoms with Crippen molar-refractivity contribution in [2.75, 3.05) is 0 Å². The Morgan fingerprint density at radius 2 is 0.879 bits per heavy atom. The van der Waals surface area contributed by atoms with Crippen molar-refractivity contribution >= 4 is 65.3 Å². The van der Waals surface area contributed by atoms with E-state index in [2.05, 4.69) is 209 Å². The van der Waals surface area contributed by atoms with Crippen LogP contribution < -0.4 is 0 Å². The van der Waals surface area contributed by atoms with Gasteiger partial charge >= 0.3 is 0 Å². The Labute approximate surface area is 334 Å². The first-order valence-corrected chi connectivity index (χ1v) is 19.8. The van der Waals surface area contributed by atoms with Crippen molar-refractivity contribution in [3.63, 3.8) is 0 Å². The van der Waals surface area contributed by atoms with Gasteiger partial charge in [-0.2, -0.15) is 0 Å². The van der Waals surface area contributed by atoms with Crippen molar-refractivity contribution < 1.29 is 0 Å². The fourth-order valence-corrected chi connectivity index (χ4v) is 9.11. The molecular formula is C54H34N4. The molecule has 0 aliphatic carbocycles. The fraction of sp³-hybridized carbons (Fsp3) is 0. The van der Waals surface area contributed by atoms with E-state index in [9.17, 15) is 0 Å². The lowest BCUT2D eigenvalue weighted by Crippen LogP contribution is -2.03. The van der Waals surface area contributed by atoms with E-state index < -0.39 is 0 Å². The number of para-hydroxylation sites is 4. The van der Waals surface area contributed by atoms with Gasteiger partial charge < -0.3 is 4.57 Å². The summed E-state index contributed by atoms with van der Waals surface area (Å²) in [5, 5.41) is 8.33. The minimum atomic E-state index is 0.657. The van der Waals surface area contributed by atoms with Crippen molar-refractivity contribution in [1.82, 2.24) is 19.1 Å². The van der Waals surface area contributed by atoms with Gasteiger partial charge in [-0.3, -0.25) is 4.57 Å². The molecule has 0 amide bonds. The highest BCUT2D eigenvalue weighted by molar-refractivity contribution is 6.24. The van der Waals surface area contributed by atoms with Gasteiger partial charge in [-0.1, -0.05) is 158 Å². The molecule has 0 atom stereocenters. The molecule has 12 rings (SSSR count). The molecule has 270 valence electrons. The second-order valence-electron chi connectivity index (χ2n) is 15.0. The van der Waals surface area contributed by atoms with Crippen LogP contribution in [0.25, 0.3) is 110 Å². The predicted molar refractivity (Wildman–Crippen MR) is 242 cm³/mol. The molecule has 0 saturated carbocycles.